The zero-order chi connectivity index (χ0) is 18.5. The molecule has 2 amide bonds. The van der Waals surface area contributed by atoms with Crippen LogP contribution in [0.3, 0.4) is 0 Å². The van der Waals surface area contributed by atoms with Crippen molar-refractivity contribution in [3.05, 3.63) is 59.7 Å². The van der Waals surface area contributed by atoms with Crippen LogP contribution in [0.15, 0.2) is 53.4 Å². The highest BCUT2D eigenvalue weighted by Gasteiger charge is 2.26. The Morgan fingerprint density at radius 2 is 1.96 bits per heavy atom. The van der Waals surface area contributed by atoms with E-state index in [-0.39, 0.29) is 12.1 Å². The molecule has 1 N–H and O–H groups in total. The normalized spacial score (nSPS) is 17.3. The fourth-order valence-corrected chi connectivity index (χ4v) is 4.10. The van der Waals surface area contributed by atoms with Crippen LogP contribution in [0.4, 0.5) is 10.5 Å². The van der Waals surface area contributed by atoms with Gasteiger partial charge in [-0.3, -0.25) is 0 Å². The van der Waals surface area contributed by atoms with Crippen LogP contribution < -0.4 is 5.32 Å². The molecule has 2 aromatic rings. The van der Waals surface area contributed by atoms with Gasteiger partial charge in [0.05, 0.1) is 5.69 Å². The number of likely N-dealkylation sites (N-methyl/N-ethyl adjacent to an activating group) is 2. The average Bonchev–Trinajstić information content (AvgIpc) is 3.08. The lowest BCUT2D eigenvalue weighted by molar-refractivity contribution is 0.204. The van der Waals surface area contributed by atoms with Gasteiger partial charge in [-0.25, -0.2) is 4.79 Å². The summed E-state index contributed by atoms with van der Waals surface area (Å²) >= 11 is 1.75. The molecule has 1 aliphatic heterocycles. The van der Waals surface area contributed by atoms with Gasteiger partial charge >= 0.3 is 6.03 Å². The number of nitrogens with one attached hydrogen (secondary N) is 1. The van der Waals surface area contributed by atoms with Crippen molar-refractivity contribution in [1.82, 2.24) is 9.80 Å². The van der Waals surface area contributed by atoms with Gasteiger partial charge in [0, 0.05) is 30.3 Å². The minimum Gasteiger partial charge on any atom is -0.323 e. The van der Waals surface area contributed by atoms with Gasteiger partial charge < -0.3 is 15.1 Å². The molecule has 138 valence electrons. The Hall–Kier alpha value is -1.98. The lowest BCUT2D eigenvalue weighted by Gasteiger charge is -2.25. The van der Waals surface area contributed by atoms with E-state index in [1.54, 1.807) is 11.8 Å². The number of urea groups is 1. The number of para-hydroxylation sites is 1. The summed E-state index contributed by atoms with van der Waals surface area (Å²) in [5, 5.41) is 3.10. The standard InChI is InChI=1S/C21H27N3OS/c1-16-8-10-17(11-9-16)15-26-20-7-5-4-6-19(20)22-21(25)24(3)18-12-13-23(2)14-18/h4-11,18H,12-15H2,1-3H3,(H,22,25)/t18-/m0/s1. The van der Waals surface area contributed by atoms with Crippen molar-refractivity contribution < 1.29 is 4.79 Å². The molecule has 0 spiro atoms. The van der Waals surface area contributed by atoms with E-state index in [4.69, 9.17) is 0 Å². The Bertz CT molecular complexity index is 747. The van der Waals surface area contributed by atoms with Gasteiger partial charge in [0.15, 0.2) is 0 Å². The van der Waals surface area contributed by atoms with Gasteiger partial charge in [-0.05, 0) is 44.6 Å². The Kier molecular flexibility index (Phi) is 6.22. The van der Waals surface area contributed by atoms with Gasteiger partial charge in [-0.2, -0.15) is 0 Å². The van der Waals surface area contributed by atoms with Crippen molar-refractivity contribution in [2.75, 3.05) is 32.5 Å². The zero-order valence-electron chi connectivity index (χ0n) is 15.7. The van der Waals surface area contributed by atoms with E-state index in [0.29, 0.717) is 0 Å². The number of anilines is 1. The fourth-order valence-electron chi connectivity index (χ4n) is 3.14. The molecule has 0 saturated carbocycles. The molecular formula is C21H27N3OS. The Morgan fingerprint density at radius 1 is 1.23 bits per heavy atom. The SMILES string of the molecule is Cc1ccc(CSc2ccccc2NC(=O)N(C)[C@H]2CCN(C)C2)cc1. The van der Waals surface area contributed by atoms with Crippen LogP contribution >= 0.6 is 11.8 Å². The predicted molar refractivity (Wildman–Crippen MR) is 110 cm³/mol. The number of hydrogen-bond donors (Lipinski definition) is 1. The van der Waals surface area contributed by atoms with Crippen molar-refractivity contribution in [1.29, 1.82) is 0 Å². The first-order valence-corrected chi connectivity index (χ1v) is 10.0. The summed E-state index contributed by atoms with van der Waals surface area (Å²) in [6, 6.07) is 16.9. The van der Waals surface area contributed by atoms with Crippen molar-refractivity contribution in [2.24, 2.45) is 0 Å². The van der Waals surface area contributed by atoms with E-state index < -0.39 is 0 Å². The Morgan fingerprint density at radius 3 is 2.65 bits per heavy atom. The summed E-state index contributed by atoms with van der Waals surface area (Å²) in [4.78, 5) is 17.9. The second-order valence-electron chi connectivity index (χ2n) is 7.02. The van der Waals surface area contributed by atoms with Gasteiger partial charge in [0.2, 0.25) is 0 Å². The number of rotatable bonds is 5. The number of thioether (sulfide) groups is 1. The molecule has 1 fully saturated rings. The first kappa shape index (κ1) is 18.8. The third-order valence-corrected chi connectivity index (χ3v) is 6.02. The molecule has 4 nitrogen and oxygen atoms in total. The van der Waals surface area contributed by atoms with Crippen LogP contribution in [-0.2, 0) is 5.75 Å². The molecule has 1 aliphatic rings. The summed E-state index contributed by atoms with van der Waals surface area (Å²) < 4.78 is 0. The molecule has 0 unspecified atom stereocenters. The van der Waals surface area contributed by atoms with Crippen LogP contribution in [0.5, 0.6) is 0 Å². The summed E-state index contributed by atoms with van der Waals surface area (Å²) in [7, 11) is 3.99. The van der Waals surface area contributed by atoms with Gasteiger partial charge in [0.25, 0.3) is 0 Å². The van der Waals surface area contributed by atoms with Crippen LogP contribution in [0.25, 0.3) is 0 Å². The second-order valence-corrected chi connectivity index (χ2v) is 8.03. The summed E-state index contributed by atoms with van der Waals surface area (Å²) in [6.45, 7) is 4.08. The van der Waals surface area contributed by atoms with Crippen LogP contribution in [0.2, 0.25) is 0 Å². The van der Waals surface area contributed by atoms with Crippen molar-refractivity contribution in [2.45, 2.75) is 30.0 Å². The van der Waals surface area contributed by atoms with Crippen LogP contribution in [-0.4, -0.2) is 49.1 Å². The van der Waals surface area contributed by atoms with Crippen molar-refractivity contribution >= 4 is 23.5 Å². The quantitative estimate of drug-likeness (QED) is 0.791. The highest BCUT2D eigenvalue weighted by Crippen LogP contribution is 2.30. The molecule has 1 heterocycles. The number of carbonyl (C=O) groups is 1. The minimum atomic E-state index is -0.0336. The van der Waals surface area contributed by atoms with Crippen LogP contribution in [0.1, 0.15) is 17.5 Å². The number of carbonyl (C=O) groups excluding carboxylic acids is 1. The third-order valence-electron chi connectivity index (χ3n) is 4.88. The summed E-state index contributed by atoms with van der Waals surface area (Å²) in [5.41, 5.74) is 3.44. The smallest absolute Gasteiger partial charge is 0.321 e. The largest absolute Gasteiger partial charge is 0.323 e. The Balaban J connectivity index is 1.63. The number of nitrogens with zero attached hydrogens (tertiary/aromatic N) is 2. The zero-order valence-corrected chi connectivity index (χ0v) is 16.6. The second kappa shape index (κ2) is 8.60. The molecule has 0 bridgehead atoms. The Labute approximate surface area is 160 Å². The molecular weight excluding hydrogens is 342 g/mol. The van der Waals surface area contributed by atoms with Crippen LogP contribution in [0, 0.1) is 6.92 Å². The molecule has 0 radical (unpaired) electrons. The molecule has 0 aromatic heterocycles. The lowest BCUT2D eigenvalue weighted by atomic mass is 10.2. The topological polar surface area (TPSA) is 35.6 Å². The highest BCUT2D eigenvalue weighted by molar-refractivity contribution is 7.98. The molecule has 26 heavy (non-hydrogen) atoms. The number of amides is 2. The van der Waals surface area contributed by atoms with E-state index in [2.05, 4.69) is 54.5 Å². The van der Waals surface area contributed by atoms with Crippen molar-refractivity contribution in [3.8, 4) is 0 Å². The molecule has 0 aliphatic carbocycles. The molecule has 3 rings (SSSR count). The van der Waals surface area contributed by atoms with Gasteiger partial charge in [0.1, 0.15) is 0 Å². The van der Waals surface area contributed by atoms with Gasteiger partial charge in [-0.1, -0.05) is 42.0 Å². The minimum absolute atomic E-state index is 0.0336. The van der Waals surface area contributed by atoms with E-state index in [1.165, 1.54) is 11.1 Å². The fraction of sp³-hybridized carbons (Fsp3) is 0.381. The molecule has 1 atom stereocenters. The summed E-state index contributed by atoms with van der Waals surface area (Å²) in [5.74, 6) is 0.885. The summed E-state index contributed by atoms with van der Waals surface area (Å²) in [6.07, 6.45) is 1.03. The number of likely N-dealkylation sites (tertiary alicyclic amines) is 1. The number of hydrogen-bond acceptors (Lipinski definition) is 3. The molecule has 2 aromatic carbocycles. The number of aryl methyl sites for hydroxylation is 1. The first-order chi connectivity index (χ1) is 12.5. The van der Waals surface area contributed by atoms with Gasteiger partial charge in [-0.15, -0.1) is 11.8 Å². The lowest BCUT2D eigenvalue weighted by Crippen LogP contribution is -2.41. The average molecular weight is 370 g/mol. The van der Waals surface area contributed by atoms with E-state index >= 15 is 0 Å². The van der Waals surface area contributed by atoms with E-state index in [1.807, 2.05) is 30.1 Å². The monoisotopic (exact) mass is 369 g/mol. The maximum Gasteiger partial charge on any atom is 0.321 e. The van der Waals surface area contributed by atoms with E-state index in [9.17, 15) is 4.79 Å². The van der Waals surface area contributed by atoms with E-state index in [0.717, 1.165) is 35.8 Å². The molecule has 5 heteroatoms. The maximum atomic E-state index is 12.7. The van der Waals surface area contributed by atoms with Crippen molar-refractivity contribution in [3.63, 3.8) is 0 Å². The number of benzene rings is 2. The molecule has 1 saturated heterocycles. The maximum absolute atomic E-state index is 12.7. The predicted octanol–water partition coefficient (Wildman–Crippen LogP) is 4.46. The first-order valence-electron chi connectivity index (χ1n) is 9.02. The highest BCUT2D eigenvalue weighted by atomic mass is 32.2. The third kappa shape index (κ3) is 4.80.